The number of imidazole rings is 1. The van der Waals surface area contributed by atoms with Gasteiger partial charge in [0.1, 0.15) is 17.5 Å². The number of hydrazone groups is 1. The van der Waals surface area contributed by atoms with E-state index in [1.807, 2.05) is 23.6 Å². The second kappa shape index (κ2) is 6.93. The molecule has 4 heterocycles. The Bertz CT molecular complexity index is 1040. The average Bonchev–Trinajstić information content (AvgIpc) is 3.17. The topological polar surface area (TPSA) is 62.0 Å². The van der Waals surface area contributed by atoms with Crippen LogP contribution in [0.1, 0.15) is 62.3 Å². The Kier molecular flexibility index (Phi) is 4.57. The fraction of sp³-hybridized carbons (Fsp3) is 0.409. The highest BCUT2D eigenvalue weighted by Gasteiger charge is 2.38. The molecule has 146 valence electrons. The Morgan fingerprint density at radius 3 is 2.68 bits per heavy atom. The summed E-state index contributed by atoms with van der Waals surface area (Å²) in [5.41, 5.74) is 7.62. The molecule has 28 heavy (non-hydrogen) atoms. The third-order valence-electron chi connectivity index (χ3n) is 5.80. The molecule has 1 unspecified atom stereocenters. The lowest BCUT2D eigenvalue weighted by atomic mass is 9.89. The molecule has 2 aliphatic rings. The number of hydrogen-bond donors (Lipinski definition) is 1. The van der Waals surface area contributed by atoms with E-state index in [0.717, 1.165) is 47.6 Å². The molecule has 0 radical (unpaired) electrons. The molecule has 0 saturated heterocycles. The van der Waals surface area contributed by atoms with Gasteiger partial charge in [-0.15, -0.1) is 0 Å². The highest BCUT2D eigenvalue weighted by Crippen LogP contribution is 2.39. The summed E-state index contributed by atoms with van der Waals surface area (Å²) < 4.78 is 2.00. The van der Waals surface area contributed by atoms with E-state index in [0.29, 0.717) is 17.1 Å². The van der Waals surface area contributed by atoms with Gasteiger partial charge in [0.15, 0.2) is 6.29 Å². The zero-order valence-corrected chi connectivity index (χ0v) is 17.2. The van der Waals surface area contributed by atoms with Gasteiger partial charge in [0, 0.05) is 11.9 Å². The Morgan fingerprint density at radius 2 is 2.00 bits per heavy atom. The number of nitrogens with one attached hydrogen (secondary N) is 1. The van der Waals surface area contributed by atoms with E-state index in [1.165, 1.54) is 5.57 Å². The number of aromatic nitrogens is 2. The van der Waals surface area contributed by atoms with E-state index in [9.17, 15) is 4.79 Å². The molecular formula is C22H27N5O. The van der Waals surface area contributed by atoms with Crippen LogP contribution in [0.25, 0.3) is 11.3 Å². The quantitative estimate of drug-likeness (QED) is 0.796. The van der Waals surface area contributed by atoms with Gasteiger partial charge >= 0.3 is 0 Å². The Hall–Kier alpha value is -2.89. The summed E-state index contributed by atoms with van der Waals surface area (Å²) in [6, 6.07) is 3.68. The Morgan fingerprint density at radius 1 is 1.25 bits per heavy atom. The first-order valence-electron chi connectivity index (χ1n) is 9.96. The first-order chi connectivity index (χ1) is 13.5. The number of pyridine rings is 1. The lowest BCUT2D eigenvalue weighted by Crippen LogP contribution is -2.41. The van der Waals surface area contributed by atoms with Crippen LogP contribution in [0.2, 0.25) is 0 Å². The molecule has 6 nitrogen and oxygen atoms in total. The molecular weight excluding hydrogens is 350 g/mol. The second-order valence-electron chi connectivity index (χ2n) is 7.58. The van der Waals surface area contributed by atoms with Crippen LogP contribution in [0.4, 0.5) is 0 Å². The van der Waals surface area contributed by atoms with Crippen molar-refractivity contribution in [1.29, 1.82) is 0 Å². The summed E-state index contributed by atoms with van der Waals surface area (Å²) in [5, 5.41) is 10.6. The maximum absolute atomic E-state index is 11.5. The monoisotopic (exact) mass is 377 g/mol. The predicted octanol–water partition coefficient (Wildman–Crippen LogP) is 4.13. The SMILES string of the molecule is CCC(CC)C1=CC(C)=NN2C(c3c(C)nc4c(C=O)cccn34)=C(C)NC12. The van der Waals surface area contributed by atoms with Crippen LogP contribution in [-0.2, 0) is 0 Å². The van der Waals surface area contributed by atoms with Gasteiger partial charge < -0.3 is 5.32 Å². The van der Waals surface area contributed by atoms with E-state index >= 15 is 0 Å². The molecule has 0 saturated carbocycles. The minimum atomic E-state index is 0.0304. The number of hydrogen-bond acceptors (Lipinski definition) is 5. The van der Waals surface area contributed by atoms with Crippen molar-refractivity contribution in [1.82, 2.24) is 19.7 Å². The normalized spacial score (nSPS) is 19.1. The van der Waals surface area contributed by atoms with Crippen LogP contribution in [0.3, 0.4) is 0 Å². The standard InChI is InChI=1S/C22H27N5O/c1-6-16(7-2)18-11-13(3)25-27-20(15(5)24-22(18)27)19-14(4)23-21-17(12-28)9-8-10-26(19)21/h8-12,16,22,24H,6-7H2,1-5H3. The molecule has 0 aromatic carbocycles. The highest BCUT2D eigenvalue weighted by atomic mass is 16.1. The van der Waals surface area contributed by atoms with Crippen molar-refractivity contribution in [3.05, 3.63) is 52.6 Å². The molecule has 1 atom stereocenters. The van der Waals surface area contributed by atoms with E-state index in [4.69, 9.17) is 5.10 Å². The number of fused-ring (bicyclic) bond motifs is 2. The fourth-order valence-corrected chi connectivity index (χ4v) is 4.45. The smallest absolute Gasteiger partial charge is 0.153 e. The number of rotatable bonds is 5. The number of nitrogens with zero attached hydrogens (tertiary/aromatic N) is 4. The van der Waals surface area contributed by atoms with Crippen LogP contribution in [0.5, 0.6) is 0 Å². The van der Waals surface area contributed by atoms with E-state index in [2.05, 4.69) is 49.1 Å². The maximum Gasteiger partial charge on any atom is 0.153 e. The molecule has 2 aromatic heterocycles. The van der Waals surface area contributed by atoms with Gasteiger partial charge in [0.05, 0.1) is 22.7 Å². The van der Waals surface area contributed by atoms with Gasteiger partial charge in [0.2, 0.25) is 0 Å². The molecule has 0 bridgehead atoms. The van der Waals surface area contributed by atoms with Crippen molar-refractivity contribution in [2.75, 3.05) is 0 Å². The van der Waals surface area contributed by atoms with Crippen molar-refractivity contribution in [2.24, 2.45) is 11.0 Å². The molecule has 4 rings (SSSR count). The van der Waals surface area contributed by atoms with Crippen molar-refractivity contribution in [3.63, 3.8) is 0 Å². The number of aryl methyl sites for hydroxylation is 1. The summed E-state index contributed by atoms with van der Waals surface area (Å²) in [6.07, 6.45) is 7.29. The van der Waals surface area contributed by atoms with E-state index in [-0.39, 0.29) is 6.17 Å². The summed E-state index contributed by atoms with van der Waals surface area (Å²) in [5.74, 6) is 0.516. The van der Waals surface area contributed by atoms with Crippen LogP contribution < -0.4 is 5.32 Å². The molecule has 0 aliphatic carbocycles. The lowest BCUT2D eigenvalue weighted by molar-refractivity contribution is 0.112. The molecule has 0 fully saturated rings. The van der Waals surface area contributed by atoms with Gasteiger partial charge in [0.25, 0.3) is 0 Å². The molecule has 1 N–H and O–H groups in total. The summed E-state index contributed by atoms with van der Waals surface area (Å²) in [6.45, 7) is 10.6. The molecule has 0 amide bonds. The zero-order valence-electron chi connectivity index (χ0n) is 17.2. The van der Waals surface area contributed by atoms with Crippen LogP contribution >= 0.6 is 0 Å². The summed E-state index contributed by atoms with van der Waals surface area (Å²) in [7, 11) is 0. The molecule has 0 spiro atoms. The predicted molar refractivity (Wildman–Crippen MR) is 112 cm³/mol. The number of carbonyl (C=O) groups is 1. The van der Waals surface area contributed by atoms with E-state index < -0.39 is 0 Å². The first-order valence-corrected chi connectivity index (χ1v) is 9.96. The molecule has 6 heteroatoms. The molecule has 2 aromatic rings. The lowest BCUT2D eigenvalue weighted by Gasteiger charge is -2.33. The number of aldehydes is 1. The van der Waals surface area contributed by atoms with Gasteiger partial charge in [-0.05, 0) is 63.3 Å². The third-order valence-corrected chi connectivity index (χ3v) is 5.80. The Labute approximate surface area is 165 Å². The minimum Gasteiger partial charge on any atom is -0.362 e. The van der Waals surface area contributed by atoms with Crippen molar-refractivity contribution in [2.45, 2.75) is 53.6 Å². The third kappa shape index (κ3) is 2.66. The average molecular weight is 377 g/mol. The van der Waals surface area contributed by atoms with Crippen molar-refractivity contribution in [3.8, 4) is 0 Å². The van der Waals surface area contributed by atoms with Gasteiger partial charge in [-0.2, -0.15) is 5.10 Å². The van der Waals surface area contributed by atoms with Crippen molar-refractivity contribution < 1.29 is 4.79 Å². The van der Waals surface area contributed by atoms with Gasteiger partial charge in [-0.3, -0.25) is 9.20 Å². The largest absolute Gasteiger partial charge is 0.362 e. The van der Waals surface area contributed by atoms with Crippen LogP contribution in [0.15, 0.2) is 40.8 Å². The Balaban J connectivity index is 1.86. The number of carbonyl (C=O) groups excluding carboxylic acids is 1. The van der Waals surface area contributed by atoms with Gasteiger partial charge in [-0.25, -0.2) is 9.99 Å². The zero-order chi connectivity index (χ0) is 20.0. The van der Waals surface area contributed by atoms with Crippen LogP contribution in [-0.4, -0.2) is 32.6 Å². The summed E-state index contributed by atoms with van der Waals surface area (Å²) in [4.78, 5) is 16.2. The van der Waals surface area contributed by atoms with Gasteiger partial charge in [-0.1, -0.05) is 13.8 Å². The van der Waals surface area contributed by atoms with E-state index in [1.54, 1.807) is 6.07 Å². The minimum absolute atomic E-state index is 0.0304. The highest BCUT2D eigenvalue weighted by molar-refractivity contribution is 5.95. The van der Waals surface area contributed by atoms with Crippen LogP contribution in [0, 0.1) is 12.8 Å². The first kappa shape index (κ1) is 18.5. The molecule has 2 aliphatic heterocycles. The number of allylic oxidation sites excluding steroid dienone is 2. The summed E-state index contributed by atoms with van der Waals surface area (Å²) >= 11 is 0. The second-order valence-corrected chi connectivity index (χ2v) is 7.58. The van der Waals surface area contributed by atoms with Crippen molar-refractivity contribution >= 4 is 23.3 Å². The fourth-order valence-electron chi connectivity index (χ4n) is 4.45. The maximum atomic E-state index is 11.5.